The van der Waals surface area contributed by atoms with Gasteiger partial charge in [0, 0.05) is 27.9 Å². The number of rotatable bonds is 11. The predicted octanol–water partition coefficient (Wildman–Crippen LogP) is 6.87. The Labute approximate surface area is 249 Å². The number of ether oxygens (including phenoxy) is 2. The second-order valence-corrected chi connectivity index (χ2v) is 11.5. The lowest BCUT2D eigenvalue weighted by Crippen LogP contribution is -2.19. The van der Waals surface area contributed by atoms with Crippen LogP contribution in [0.15, 0.2) is 88.6 Å². The molecule has 216 valence electrons. The lowest BCUT2D eigenvalue weighted by Gasteiger charge is -2.17. The monoisotopic (exact) mass is 581 g/mol. The fraction of sp³-hybridized carbons (Fsp3) is 0.235. The van der Waals surface area contributed by atoms with Crippen LogP contribution in [0.3, 0.4) is 0 Å². The molecule has 2 N–H and O–H groups in total. The zero-order valence-electron chi connectivity index (χ0n) is 24.3. The van der Waals surface area contributed by atoms with Gasteiger partial charge in [0.15, 0.2) is 16.9 Å². The molecular formula is C34H35N3O4S. The standard InChI is InChI=1S/C34H35N3O4S/c1-22-8-5-9-26-31(22)36-32-27(33(26)38)10-6-11-28(32)34(39)35-24-13-15-25(16-14-24)42-19-7-18-37(2)21-23-12-17-29(40-3)30(20-23)41-4/h5-6,8-17,20H,7,18-19,21H2,1-4H3,(H,35,39)(H,36,38). The number of hydrogen-bond donors (Lipinski definition) is 2. The first-order chi connectivity index (χ1) is 20.4. The van der Waals surface area contributed by atoms with Crippen LogP contribution in [-0.4, -0.2) is 49.4 Å². The van der Waals surface area contributed by atoms with Gasteiger partial charge in [0.1, 0.15) is 0 Å². The highest BCUT2D eigenvalue weighted by Gasteiger charge is 2.15. The fourth-order valence-electron chi connectivity index (χ4n) is 5.09. The van der Waals surface area contributed by atoms with Crippen LogP contribution >= 0.6 is 11.8 Å². The molecule has 5 rings (SSSR count). The minimum absolute atomic E-state index is 0.0781. The van der Waals surface area contributed by atoms with E-state index in [1.165, 1.54) is 5.56 Å². The molecule has 0 fully saturated rings. The third kappa shape index (κ3) is 6.45. The number of H-pyrrole nitrogens is 1. The topological polar surface area (TPSA) is 83.7 Å². The molecule has 5 aromatic rings. The smallest absolute Gasteiger partial charge is 0.257 e. The van der Waals surface area contributed by atoms with Crippen LogP contribution in [0, 0.1) is 6.92 Å². The maximum Gasteiger partial charge on any atom is 0.257 e. The molecule has 0 spiro atoms. The Kier molecular flexibility index (Phi) is 9.15. The first-order valence-corrected chi connectivity index (χ1v) is 14.8. The van der Waals surface area contributed by atoms with Gasteiger partial charge >= 0.3 is 0 Å². The van der Waals surface area contributed by atoms with E-state index in [1.54, 1.807) is 44.2 Å². The normalized spacial score (nSPS) is 11.3. The molecule has 0 unspecified atom stereocenters. The second-order valence-electron chi connectivity index (χ2n) is 10.3. The van der Waals surface area contributed by atoms with Crippen molar-refractivity contribution < 1.29 is 14.3 Å². The number of amides is 1. The van der Waals surface area contributed by atoms with E-state index in [4.69, 9.17) is 9.47 Å². The number of aromatic nitrogens is 1. The average Bonchev–Trinajstić information content (AvgIpc) is 3.00. The number of pyridine rings is 1. The summed E-state index contributed by atoms with van der Waals surface area (Å²) in [6.45, 7) is 3.75. The lowest BCUT2D eigenvalue weighted by molar-refractivity contribution is 0.102. The van der Waals surface area contributed by atoms with Crippen molar-refractivity contribution >= 4 is 45.2 Å². The van der Waals surface area contributed by atoms with Gasteiger partial charge in [0.05, 0.1) is 30.8 Å². The Morgan fingerprint density at radius 1 is 0.905 bits per heavy atom. The number of aryl methyl sites for hydroxylation is 1. The predicted molar refractivity (Wildman–Crippen MR) is 172 cm³/mol. The Hall–Kier alpha value is -4.27. The van der Waals surface area contributed by atoms with Gasteiger partial charge in [-0.05, 0) is 98.4 Å². The van der Waals surface area contributed by atoms with E-state index < -0.39 is 0 Å². The van der Waals surface area contributed by atoms with Crippen molar-refractivity contribution in [3.05, 3.63) is 106 Å². The molecule has 4 aromatic carbocycles. The van der Waals surface area contributed by atoms with Gasteiger partial charge in [0.2, 0.25) is 0 Å². The molecule has 1 heterocycles. The highest BCUT2D eigenvalue weighted by atomic mass is 32.2. The van der Waals surface area contributed by atoms with Crippen LogP contribution in [0.4, 0.5) is 5.69 Å². The van der Waals surface area contributed by atoms with Gasteiger partial charge in [-0.3, -0.25) is 9.59 Å². The fourth-order valence-corrected chi connectivity index (χ4v) is 5.92. The molecule has 7 nitrogen and oxygen atoms in total. The van der Waals surface area contributed by atoms with Crippen molar-refractivity contribution in [2.45, 2.75) is 24.8 Å². The quantitative estimate of drug-likeness (QED) is 0.101. The minimum Gasteiger partial charge on any atom is -0.493 e. The zero-order valence-corrected chi connectivity index (χ0v) is 25.1. The molecule has 0 bridgehead atoms. The van der Waals surface area contributed by atoms with E-state index in [1.807, 2.05) is 61.5 Å². The van der Waals surface area contributed by atoms with Gasteiger partial charge in [-0.2, -0.15) is 0 Å². The number of benzene rings is 4. The molecule has 1 aromatic heterocycles. The molecule has 0 radical (unpaired) electrons. The van der Waals surface area contributed by atoms with Crippen LogP contribution in [0.1, 0.15) is 27.9 Å². The van der Waals surface area contributed by atoms with Crippen LogP contribution in [-0.2, 0) is 6.54 Å². The second kappa shape index (κ2) is 13.1. The SMILES string of the molecule is COc1ccc(CN(C)CCCSc2ccc(NC(=O)c3cccc4c(=O)c5cccc(C)c5[nH]c34)cc2)cc1OC. The van der Waals surface area contributed by atoms with Crippen molar-refractivity contribution in [1.82, 2.24) is 9.88 Å². The number of para-hydroxylation sites is 2. The molecule has 0 aliphatic heterocycles. The van der Waals surface area contributed by atoms with Crippen LogP contribution < -0.4 is 20.2 Å². The first-order valence-electron chi connectivity index (χ1n) is 13.9. The van der Waals surface area contributed by atoms with E-state index in [9.17, 15) is 9.59 Å². The molecule has 8 heteroatoms. The number of nitrogens with zero attached hydrogens (tertiary/aromatic N) is 1. The molecule has 0 saturated heterocycles. The molecule has 0 aliphatic carbocycles. The van der Waals surface area contributed by atoms with Gasteiger partial charge in [0.25, 0.3) is 5.91 Å². The van der Waals surface area contributed by atoms with E-state index in [0.29, 0.717) is 27.5 Å². The molecule has 0 aliphatic rings. The number of aromatic amines is 1. The largest absolute Gasteiger partial charge is 0.493 e. The number of carbonyl (C=O) groups excluding carboxylic acids is 1. The van der Waals surface area contributed by atoms with Crippen LogP contribution in [0.5, 0.6) is 11.5 Å². The molecule has 42 heavy (non-hydrogen) atoms. The number of fused-ring (bicyclic) bond motifs is 2. The summed E-state index contributed by atoms with van der Waals surface area (Å²) >= 11 is 1.79. The molecule has 0 atom stereocenters. The van der Waals surface area contributed by atoms with Gasteiger partial charge in [-0.1, -0.05) is 24.3 Å². The zero-order chi connectivity index (χ0) is 29.6. The summed E-state index contributed by atoms with van der Waals surface area (Å²) in [5.74, 6) is 2.20. The van der Waals surface area contributed by atoms with Crippen LogP contribution in [0.2, 0.25) is 0 Å². The van der Waals surface area contributed by atoms with Gasteiger partial charge in [-0.25, -0.2) is 0 Å². The first kappa shape index (κ1) is 29.2. The lowest BCUT2D eigenvalue weighted by atomic mass is 10.0. The summed E-state index contributed by atoms with van der Waals surface area (Å²) in [7, 11) is 5.41. The summed E-state index contributed by atoms with van der Waals surface area (Å²) in [6, 6.07) is 24.8. The van der Waals surface area contributed by atoms with Crippen molar-refractivity contribution in [2.75, 3.05) is 38.9 Å². The van der Waals surface area contributed by atoms with Gasteiger partial charge < -0.3 is 24.7 Å². The minimum atomic E-state index is -0.262. The summed E-state index contributed by atoms with van der Waals surface area (Å²) < 4.78 is 10.7. The summed E-state index contributed by atoms with van der Waals surface area (Å²) in [6.07, 6.45) is 1.04. The number of anilines is 1. The van der Waals surface area contributed by atoms with Crippen molar-refractivity contribution in [1.29, 1.82) is 0 Å². The van der Waals surface area contributed by atoms with E-state index in [-0.39, 0.29) is 11.3 Å². The number of thioether (sulfide) groups is 1. The summed E-state index contributed by atoms with van der Waals surface area (Å²) in [5, 5.41) is 4.11. The van der Waals surface area contributed by atoms with Gasteiger partial charge in [-0.15, -0.1) is 11.8 Å². The number of hydrogen-bond acceptors (Lipinski definition) is 6. The van der Waals surface area contributed by atoms with E-state index >= 15 is 0 Å². The Morgan fingerprint density at radius 2 is 1.62 bits per heavy atom. The Balaban J connectivity index is 1.16. The molecular weight excluding hydrogens is 546 g/mol. The van der Waals surface area contributed by atoms with E-state index in [0.717, 1.165) is 52.7 Å². The number of methoxy groups -OCH3 is 2. The van der Waals surface area contributed by atoms with Crippen LogP contribution in [0.25, 0.3) is 21.8 Å². The maximum absolute atomic E-state index is 13.3. The van der Waals surface area contributed by atoms with Crippen molar-refractivity contribution in [2.24, 2.45) is 0 Å². The summed E-state index contributed by atoms with van der Waals surface area (Å²) in [5.41, 5.74) is 4.50. The third-order valence-corrected chi connectivity index (χ3v) is 8.38. The number of nitrogens with one attached hydrogen (secondary N) is 2. The highest BCUT2D eigenvalue weighted by molar-refractivity contribution is 7.99. The third-order valence-electron chi connectivity index (χ3n) is 7.29. The molecule has 0 saturated carbocycles. The Morgan fingerprint density at radius 3 is 2.36 bits per heavy atom. The average molecular weight is 582 g/mol. The van der Waals surface area contributed by atoms with Crippen molar-refractivity contribution in [3.8, 4) is 11.5 Å². The highest BCUT2D eigenvalue weighted by Crippen LogP contribution is 2.28. The van der Waals surface area contributed by atoms with Crippen molar-refractivity contribution in [3.63, 3.8) is 0 Å². The Bertz CT molecular complexity index is 1780. The molecule has 1 amide bonds. The maximum atomic E-state index is 13.3. The number of carbonyl (C=O) groups is 1. The summed E-state index contributed by atoms with van der Waals surface area (Å²) in [4.78, 5) is 33.2. The van der Waals surface area contributed by atoms with E-state index in [2.05, 4.69) is 28.3 Å².